The fourth-order valence-corrected chi connectivity index (χ4v) is 1.92. The molecule has 2 aromatic heterocycles. The van der Waals surface area contributed by atoms with Gasteiger partial charge in [-0.2, -0.15) is 0 Å². The van der Waals surface area contributed by atoms with Gasteiger partial charge >= 0.3 is 5.69 Å². The molecule has 2 heterocycles. The van der Waals surface area contributed by atoms with E-state index in [2.05, 4.69) is 9.97 Å². The van der Waals surface area contributed by atoms with Crippen LogP contribution in [0, 0.1) is 6.92 Å². The third-order valence-corrected chi connectivity index (χ3v) is 3.26. The molecule has 0 saturated carbocycles. The molecule has 0 radical (unpaired) electrons. The quantitative estimate of drug-likeness (QED) is 0.837. The number of pyridine rings is 1. The lowest BCUT2D eigenvalue weighted by atomic mass is 10.1. The Morgan fingerprint density at radius 1 is 1.33 bits per heavy atom. The summed E-state index contributed by atoms with van der Waals surface area (Å²) in [5, 5.41) is 0.0863. The highest BCUT2D eigenvalue weighted by Gasteiger charge is 2.15. The first kappa shape index (κ1) is 12.6. The standard InChI is InChI=1S/C12H12ClN3O2/c1-7-10(13)15-12(18)16(11(7)17)8(2)9-3-5-14-6-4-9/h3-6,8H,1-2H3,(H,15,18). The lowest BCUT2D eigenvalue weighted by molar-refractivity contribution is 0.573. The van der Waals surface area contributed by atoms with E-state index in [0.29, 0.717) is 5.56 Å². The molecule has 0 saturated heterocycles. The lowest BCUT2D eigenvalue weighted by Crippen LogP contribution is -2.38. The topological polar surface area (TPSA) is 67.8 Å². The fraction of sp³-hybridized carbons (Fsp3) is 0.250. The minimum atomic E-state index is -0.514. The largest absolute Gasteiger partial charge is 0.330 e. The molecule has 0 aliphatic carbocycles. The van der Waals surface area contributed by atoms with Crippen molar-refractivity contribution < 1.29 is 0 Å². The molecule has 1 atom stereocenters. The Morgan fingerprint density at radius 3 is 2.56 bits per heavy atom. The van der Waals surface area contributed by atoms with Crippen molar-refractivity contribution in [1.29, 1.82) is 0 Å². The Hall–Kier alpha value is -1.88. The summed E-state index contributed by atoms with van der Waals surface area (Å²) in [5.41, 5.74) is 0.268. The molecule has 0 aliphatic rings. The summed E-state index contributed by atoms with van der Waals surface area (Å²) in [4.78, 5) is 30.3. The maximum Gasteiger partial charge on any atom is 0.330 e. The molecule has 2 rings (SSSR count). The van der Waals surface area contributed by atoms with Gasteiger partial charge in [-0.1, -0.05) is 11.6 Å². The van der Waals surface area contributed by atoms with E-state index >= 15 is 0 Å². The first-order valence-electron chi connectivity index (χ1n) is 5.43. The summed E-state index contributed by atoms with van der Waals surface area (Å²) >= 11 is 5.76. The smallest absolute Gasteiger partial charge is 0.297 e. The minimum Gasteiger partial charge on any atom is -0.297 e. The van der Waals surface area contributed by atoms with Crippen molar-refractivity contribution in [2.45, 2.75) is 19.9 Å². The van der Waals surface area contributed by atoms with Gasteiger partial charge in [0.2, 0.25) is 0 Å². The number of hydrogen-bond donors (Lipinski definition) is 1. The second-order valence-electron chi connectivity index (χ2n) is 4.00. The number of nitrogens with zero attached hydrogens (tertiary/aromatic N) is 2. The monoisotopic (exact) mass is 265 g/mol. The van der Waals surface area contributed by atoms with Crippen LogP contribution in [-0.4, -0.2) is 14.5 Å². The molecule has 0 amide bonds. The zero-order valence-corrected chi connectivity index (χ0v) is 10.7. The van der Waals surface area contributed by atoms with Crippen LogP contribution in [0.1, 0.15) is 24.1 Å². The molecule has 0 fully saturated rings. The van der Waals surface area contributed by atoms with Crippen molar-refractivity contribution in [3.05, 3.63) is 61.6 Å². The van der Waals surface area contributed by atoms with Crippen molar-refractivity contribution in [2.75, 3.05) is 0 Å². The van der Waals surface area contributed by atoms with Crippen LogP contribution in [0.15, 0.2) is 34.1 Å². The average Bonchev–Trinajstić information content (AvgIpc) is 2.37. The Bertz CT molecular complexity index is 676. The third-order valence-electron chi connectivity index (χ3n) is 2.88. The van der Waals surface area contributed by atoms with E-state index in [9.17, 15) is 9.59 Å². The molecule has 0 bridgehead atoms. The van der Waals surface area contributed by atoms with Gasteiger partial charge in [-0.25, -0.2) is 4.79 Å². The van der Waals surface area contributed by atoms with Gasteiger partial charge in [-0.3, -0.25) is 19.3 Å². The van der Waals surface area contributed by atoms with Gasteiger partial charge in [0.25, 0.3) is 5.56 Å². The average molecular weight is 266 g/mol. The molecule has 94 valence electrons. The first-order chi connectivity index (χ1) is 8.52. The lowest BCUT2D eigenvalue weighted by Gasteiger charge is -2.15. The Morgan fingerprint density at radius 2 is 1.94 bits per heavy atom. The van der Waals surface area contributed by atoms with Crippen LogP contribution in [0.4, 0.5) is 0 Å². The van der Waals surface area contributed by atoms with E-state index in [4.69, 9.17) is 11.6 Å². The van der Waals surface area contributed by atoms with Crippen molar-refractivity contribution in [1.82, 2.24) is 14.5 Å². The second-order valence-corrected chi connectivity index (χ2v) is 4.38. The number of halogens is 1. The van der Waals surface area contributed by atoms with E-state index in [1.807, 2.05) is 0 Å². The summed E-state index contributed by atoms with van der Waals surface area (Å²) in [6.45, 7) is 3.36. The molecular formula is C12H12ClN3O2. The van der Waals surface area contributed by atoms with Gasteiger partial charge in [0.15, 0.2) is 0 Å². The molecule has 0 aromatic carbocycles. The van der Waals surface area contributed by atoms with Crippen LogP contribution in [0.5, 0.6) is 0 Å². The van der Waals surface area contributed by atoms with Crippen LogP contribution in [0.3, 0.4) is 0 Å². The molecule has 18 heavy (non-hydrogen) atoms. The number of H-pyrrole nitrogens is 1. The van der Waals surface area contributed by atoms with E-state index in [1.165, 1.54) is 0 Å². The van der Waals surface area contributed by atoms with E-state index in [1.54, 1.807) is 38.4 Å². The van der Waals surface area contributed by atoms with Crippen molar-refractivity contribution in [3.63, 3.8) is 0 Å². The molecule has 1 N–H and O–H groups in total. The van der Waals surface area contributed by atoms with Gasteiger partial charge in [0, 0.05) is 18.0 Å². The summed E-state index contributed by atoms with van der Waals surface area (Å²) in [6.07, 6.45) is 3.24. The van der Waals surface area contributed by atoms with Crippen molar-refractivity contribution in [3.8, 4) is 0 Å². The van der Waals surface area contributed by atoms with Crippen LogP contribution in [0.2, 0.25) is 5.15 Å². The van der Waals surface area contributed by atoms with Crippen LogP contribution in [0.25, 0.3) is 0 Å². The second kappa shape index (κ2) is 4.78. The van der Waals surface area contributed by atoms with Crippen molar-refractivity contribution >= 4 is 11.6 Å². The highest BCUT2D eigenvalue weighted by molar-refractivity contribution is 6.30. The molecule has 2 aromatic rings. The highest BCUT2D eigenvalue weighted by Crippen LogP contribution is 2.14. The van der Waals surface area contributed by atoms with E-state index < -0.39 is 5.69 Å². The predicted molar refractivity (Wildman–Crippen MR) is 69.1 cm³/mol. The maximum absolute atomic E-state index is 12.1. The van der Waals surface area contributed by atoms with Gasteiger partial charge in [0.05, 0.1) is 6.04 Å². The Labute approximate surface area is 108 Å². The highest BCUT2D eigenvalue weighted by atomic mass is 35.5. The molecule has 5 nitrogen and oxygen atoms in total. The maximum atomic E-state index is 12.1. The van der Waals surface area contributed by atoms with Crippen LogP contribution >= 0.6 is 11.6 Å². The van der Waals surface area contributed by atoms with Gasteiger partial charge < -0.3 is 0 Å². The number of aromatic nitrogens is 3. The number of aromatic amines is 1. The summed E-state index contributed by atoms with van der Waals surface area (Å²) in [5.74, 6) is 0. The summed E-state index contributed by atoms with van der Waals surface area (Å²) in [6, 6.07) is 3.15. The molecule has 0 aliphatic heterocycles. The summed E-state index contributed by atoms with van der Waals surface area (Å²) in [7, 11) is 0. The molecule has 6 heteroatoms. The Balaban J connectivity index is 2.63. The van der Waals surface area contributed by atoms with Gasteiger partial charge in [-0.15, -0.1) is 0 Å². The number of hydrogen-bond acceptors (Lipinski definition) is 3. The SMILES string of the molecule is Cc1c(Cl)[nH]c(=O)n(C(C)c2ccncc2)c1=O. The van der Waals surface area contributed by atoms with Crippen molar-refractivity contribution in [2.24, 2.45) is 0 Å². The normalized spacial score (nSPS) is 12.4. The van der Waals surface area contributed by atoms with Crippen LogP contribution < -0.4 is 11.2 Å². The first-order valence-corrected chi connectivity index (χ1v) is 5.81. The zero-order chi connectivity index (χ0) is 13.3. The van der Waals surface area contributed by atoms with E-state index in [0.717, 1.165) is 10.1 Å². The van der Waals surface area contributed by atoms with Crippen LogP contribution in [-0.2, 0) is 0 Å². The number of rotatable bonds is 2. The molecule has 0 spiro atoms. The van der Waals surface area contributed by atoms with Gasteiger partial charge in [0.1, 0.15) is 5.15 Å². The zero-order valence-electron chi connectivity index (χ0n) is 9.98. The minimum absolute atomic E-state index is 0.0863. The van der Waals surface area contributed by atoms with Gasteiger partial charge in [-0.05, 0) is 31.5 Å². The molecular weight excluding hydrogens is 254 g/mol. The summed E-state index contributed by atoms with van der Waals surface area (Å²) < 4.78 is 1.15. The number of nitrogens with one attached hydrogen (secondary N) is 1. The predicted octanol–water partition coefficient (Wildman–Crippen LogP) is 1.50. The third kappa shape index (κ3) is 2.09. The fourth-order valence-electron chi connectivity index (χ4n) is 1.76. The Kier molecular flexibility index (Phi) is 3.34. The van der Waals surface area contributed by atoms with E-state index in [-0.39, 0.29) is 16.8 Å². The molecule has 1 unspecified atom stereocenters.